The Morgan fingerprint density at radius 3 is 2.53 bits per heavy atom. The zero-order valence-corrected chi connectivity index (χ0v) is 19.7. The zero-order valence-electron chi connectivity index (χ0n) is 18.2. The zero-order chi connectivity index (χ0) is 22.9. The Morgan fingerprint density at radius 1 is 1.30 bits per heavy atom. The van der Waals surface area contributed by atoms with Gasteiger partial charge in [0.2, 0.25) is 11.8 Å². The summed E-state index contributed by atoms with van der Waals surface area (Å²) in [5, 5.41) is 7.56. The quantitative estimate of drug-likeness (QED) is 0.245. The molecule has 1 heterocycles. The van der Waals surface area contributed by atoms with Gasteiger partial charge in [-0.1, -0.05) is 43.1 Å². The number of esters is 1. The Hall–Kier alpha value is -1.35. The summed E-state index contributed by atoms with van der Waals surface area (Å²) in [6.45, 7) is 11.8. The highest BCUT2D eigenvalue weighted by Crippen LogP contribution is 2.20. The fourth-order valence-corrected chi connectivity index (χ4v) is 3.17. The van der Waals surface area contributed by atoms with Crippen molar-refractivity contribution in [2.24, 2.45) is 5.92 Å². The summed E-state index contributed by atoms with van der Waals surface area (Å²) < 4.78 is 4.04. The van der Waals surface area contributed by atoms with Crippen molar-refractivity contribution in [2.75, 3.05) is 19.7 Å². The monoisotopic (exact) mass is 464 g/mol. The van der Waals surface area contributed by atoms with E-state index in [-0.39, 0.29) is 36.8 Å². The first-order chi connectivity index (χ1) is 13.9. The number of rotatable bonds is 11. The van der Waals surface area contributed by atoms with Gasteiger partial charge in [0.05, 0.1) is 0 Å². The third kappa shape index (κ3) is 10.1. The van der Waals surface area contributed by atoms with Crippen LogP contribution in [0.3, 0.4) is 0 Å². The van der Waals surface area contributed by atoms with Gasteiger partial charge in [-0.05, 0) is 32.6 Å². The predicted octanol–water partition coefficient (Wildman–Crippen LogP) is 1.91. The highest BCUT2D eigenvalue weighted by Gasteiger charge is 2.30. The Bertz CT molecular complexity index is 610. The van der Waals surface area contributed by atoms with Crippen LogP contribution in [0.5, 0.6) is 0 Å². The molecule has 0 aromatic carbocycles. The molecular formula is C20H34Cl2N4O4. The molecular weight excluding hydrogens is 431 g/mol. The summed E-state index contributed by atoms with van der Waals surface area (Å²) in [6.07, 6.45) is 3.10. The maximum absolute atomic E-state index is 12.6. The van der Waals surface area contributed by atoms with Gasteiger partial charge in [0.15, 0.2) is 0 Å². The molecule has 0 spiro atoms. The molecule has 1 fully saturated rings. The summed E-state index contributed by atoms with van der Waals surface area (Å²) in [6, 6.07) is -1.32. The third-order valence-corrected chi connectivity index (χ3v) is 4.71. The number of hydrogen-bond donors (Lipinski definition) is 3. The minimum Gasteiger partial charge on any atom is -0.461 e. The topological polar surface area (TPSA) is 99.8 Å². The van der Waals surface area contributed by atoms with Gasteiger partial charge in [-0.2, -0.15) is 0 Å². The van der Waals surface area contributed by atoms with Crippen LogP contribution in [0.4, 0.5) is 0 Å². The number of alkyl halides is 2. The first kappa shape index (κ1) is 26.7. The molecule has 0 saturated carbocycles. The van der Waals surface area contributed by atoms with Gasteiger partial charge in [-0.3, -0.25) is 14.4 Å². The summed E-state index contributed by atoms with van der Waals surface area (Å²) in [7, 11) is 0. The molecule has 2 amide bonds. The molecule has 1 rings (SSSR count). The number of carbonyl (C=O) groups is 3. The van der Waals surface area contributed by atoms with Crippen LogP contribution in [0, 0.1) is 5.92 Å². The van der Waals surface area contributed by atoms with Gasteiger partial charge >= 0.3 is 5.97 Å². The van der Waals surface area contributed by atoms with Crippen molar-refractivity contribution in [3.63, 3.8) is 0 Å². The molecule has 0 radical (unpaired) electrons. The first-order valence-electron chi connectivity index (χ1n) is 10.2. The molecule has 1 aliphatic rings. The number of carbonyl (C=O) groups excluding carboxylic acids is 3. The number of nitrogens with zero attached hydrogens (tertiary/aromatic N) is 1. The lowest BCUT2D eigenvalue weighted by Gasteiger charge is -2.35. The van der Waals surface area contributed by atoms with E-state index in [0.29, 0.717) is 13.0 Å². The summed E-state index contributed by atoms with van der Waals surface area (Å²) in [4.78, 5) is 36.7. The minimum absolute atomic E-state index is 0.0622. The van der Waals surface area contributed by atoms with E-state index >= 15 is 0 Å². The molecule has 0 bridgehead atoms. The highest BCUT2D eigenvalue weighted by atomic mass is 35.5. The van der Waals surface area contributed by atoms with Crippen LogP contribution in [0.15, 0.2) is 12.7 Å². The standard InChI is InChI=1S/C20H34Cl2N4O4/c1-6-8-16(27)24-17(13(2)3)18(28)23-14(4)11-26-10-7-9-15(25-26)19(29)30-12-20(5,21)22/h6,13-15,17,25H,1,7-12H2,2-5H3,(H,23,28)(H,24,27). The van der Waals surface area contributed by atoms with Crippen LogP contribution in [-0.4, -0.2) is 64.9 Å². The van der Waals surface area contributed by atoms with Gasteiger partial charge < -0.3 is 15.4 Å². The van der Waals surface area contributed by atoms with E-state index in [1.54, 1.807) is 6.92 Å². The van der Waals surface area contributed by atoms with Crippen LogP contribution >= 0.6 is 23.2 Å². The average Bonchev–Trinajstić information content (AvgIpc) is 2.63. The van der Waals surface area contributed by atoms with Gasteiger partial charge in [0.1, 0.15) is 23.0 Å². The molecule has 3 N–H and O–H groups in total. The van der Waals surface area contributed by atoms with E-state index in [1.165, 1.54) is 6.08 Å². The number of hydrogen-bond acceptors (Lipinski definition) is 6. The van der Waals surface area contributed by atoms with E-state index < -0.39 is 22.4 Å². The van der Waals surface area contributed by atoms with Crippen molar-refractivity contribution in [1.82, 2.24) is 21.1 Å². The van der Waals surface area contributed by atoms with Crippen molar-refractivity contribution in [3.8, 4) is 0 Å². The Morgan fingerprint density at radius 2 is 1.97 bits per heavy atom. The van der Waals surface area contributed by atoms with Crippen LogP contribution in [0.25, 0.3) is 0 Å². The lowest BCUT2D eigenvalue weighted by Crippen LogP contribution is -2.58. The molecule has 1 saturated heterocycles. The van der Waals surface area contributed by atoms with Gasteiger partial charge in [0, 0.05) is 25.6 Å². The fourth-order valence-electron chi connectivity index (χ4n) is 3.06. The van der Waals surface area contributed by atoms with Crippen LogP contribution < -0.4 is 16.1 Å². The summed E-state index contributed by atoms with van der Waals surface area (Å²) >= 11 is 11.7. The van der Waals surface area contributed by atoms with E-state index in [9.17, 15) is 14.4 Å². The normalized spacial score (nSPS) is 19.6. The second kappa shape index (κ2) is 12.5. The molecule has 172 valence electrons. The molecule has 0 aliphatic carbocycles. The largest absolute Gasteiger partial charge is 0.461 e. The fraction of sp³-hybridized carbons (Fsp3) is 0.750. The molecule has 3 atom stereocenters. The number of amides is 2. The number of ether oxygens (including phenoxy) is 1. The van der Waals surface area contributed by atoms with E-state index in [2.05, 4.69) is 22.6 Å². The van der Waals surface area contributed by atoms with Crippen molar-refractivity contribution in [1.29, 1.82) is 0 Å². The van der Waals surface area contributed by atoms with Gasteiger partial charge in [0.25, 0.3) is 0 Å². The van der Waals surface area contributed by atoms with Gasteiger partial charge in [-0.15, -0.1) is 6.58 Å². The summed E-state index contributed by atoms with van der Waals surface area (Å²) in [5.74, 6) is -0.955. The number of nitrogens with one attached hydrogen (secondary N) is 3. The van der Waals surface area contributed by atoms with E-state index in [4.69, 9.17) is 27.9 Å². The number of hydrazine groups is 1. The maximum atomic E-state index is 12.6. The van der Waals surface area contributed by atoms with Crippen LogP contribution in [0.2, 0.25) is 0 Å². The molecule has 0 aromatic heterocycles. The van der Waals surface area contributed by atoms with E-state index in [0.717, 1.165) is 13.0 Å². The minimum atomic E-state index is -1.13. The Labute approximate surface area is 189 Å². The molecule has 30 heavy (non-hydrogen) atoms. The molecule has 0 aromatic rings. The number of halogens is 2. The third-order valence-electron chi connectivity index (χ3n) is 4.49. The lowest BCUT2D eigenvalue weighted by atomic mass is 10.0. The average molecular weight is 465 g/mol. The van der Waals surface area contributed by atoms with Crippen LogP contribution in [0.1, 0.15) is 47.0 Å². The second-order valence-corrected chi connectivity index (χ2v) is 10.0. The SMILES string of the molecule is C=CCC(=O)NC(C(=O)NC(C)CN1CCCC(C(=O)OCC(C)(Cl)Cl)N1)C(C)C. The lowest BCUT2D eigenvalue weighted by molar-refractivity contribution is -0.149. The van der Waals surface area contributed by atoms with Crippen molar-refractivity contribution >= 4 is 41.0 Å². The van der Waals surface area contributed by atoms with E-state index in [1.807, 2.05) is 25.8 Å². The summed E-state index contributed by atoms with van der Waals surface area (Å²) in [5.41, 5.74) is 3.14. The molecule has 8 nitrogen and oxygen atoms in total. The molecule has 10 heteroatoms. The van der Waals surface area contributed by atoms with Gasteiger partial charge in [-0.25, -0.2) is 10.4 Å². The maximum Gasteiger partial charge on any atom is 0.324 e. The predicted molar refractivity (Wildman–Crippen MR) is 118 cm³/mol. The highest BCUT2D eigenvalue weighted by molar-refractivity contribution is 6.48. The van der Waals surface area contributed by atoms with Crippen molar-refractivity contribution in [2.45, 2.75) is 69.4 Å². The Balaban J connectivity index is 2.54. The smallest absolute Gasteiger partial charge is 0.324 e. The van der Waals surface area contributed by atoms with Crippen LogP contribution in [-0.2, 0) is 19.1 Å². The molecule has 3 unspecified atom stereocenters. The van der Waals surface area contributed by atoms with Crippen molar-refractivity contribution in [3.05, 3.63) is 12.7 Å². The second-order valence-electron chi connectivity index (χ2n) is 8.14. The van der Waals surface area contributed by atoms with Crippen molar-refractivity contribution < 1.29 is 19.1 Å². The first-order valence-corrected chi connectivity index (χ1v) is 10.9. The molecule has 1 aliphatic heterocycles. The Kier molecular flexibility index (Phi) is 11.1.